The van der Waals surface area contributed by atoms with Crippen molar-refractivity contribution in [1.29, 1.82) is 0 Å². The molecule has 0 spiro atoms. The highest BCUT2D eigenvalue weighted by Gasteiger charge is 2.27. The van der Waals surface area contributed by atoms with Crippen LogP contribution in [0.15, 0.2) is 0 Å². The van der Waals surface area contributed by atoms with E-state index in [-0.39, 0.29) is 0 Å². The highest BCUT2D eigenvalue weighted by atomic mass is 16.5. The molecular formula is C8H17NO. The van der Waals surface area contributed by atoms with Gasteiger partial charge >= 0.3 is 0 Å². The van der Waals surface area contributed by atoms with E-state index in [9.17, 15) is 0 Å². The van der Waals surface area contributed by atoms with Gasteiger partial charge in [-0.2, -0.15) is 0 Å². The Hall–Kier alpha value is -0.0800. The van der Waals surface area contributed by atoms with Crippen LogP contribution < -0.4 is 0 Å². The number of likely N-dealkylation sites (N-methyl/N-ethyl adjacent to an activating group) is 1. The molecule has 0 aromatic heterocycles. The van der Waals surface area contributed by atoms with E-state index < -0.39 is 0 Å². The quantitative estimate of drug-likeness (QED) is 0.571. The van der Waals surface area contributed by atoms with E-state index in [2.05, 4.69) is 18.9 Å². The summed E-state index contributed by atoms with van der Waals surface area (Å²) in [5.41, 5.74) is 0. The molecule has 0 N–H and O–H groups in total. The SMILES string of the molecule is COCC1C(C)CCN1C. The Morgan fingerprint density at radius 1 is 1.60 bits per heavy atom. The van der Waals surface area contributed by atoms with E-state index in [0.717, 1.165) is 12.5 Å². The van der Waals surface area contributed by atoms with Gasteiger partial charge in [-0.3, -0.25) is 0 Å². The molecule has 0 aromatic rings. The van der Waals surface area contributed by atoms with Gasteiger partial charge in [0.2, 0.25) is 0 Å². The highest BCUT2D eigenvalue weighted by molar-refractivity contribution is 4.81. The second-order valence-corrected chi connectivity index (χ2v) is 3.27. The number of likely N-dealkylation sites (tertiary alicyclic amines) is 1. The van der Waals surface area contributed by atoms with Gasteiger partial charge in [-0.1, -0.05) is 6.92 Å². The Labute approximate surface area is 63.2 Å². The molecule has 10 heavy (non-hydrogen) atoms. The van der Waals surface area contributed by atoms with Crippen LogP contribution in [-0.4, -0.2) is 38.3 Å². The van der Waals surface area contributed by atoms with Crippen molar-refractivity contribution in [1.82, 2.24) is 4.90 Å². The summed E-state index contributed by atoms with van der Waals surface area (Å²) in [6.45, 7) is 4.42. The lowest BCUT2D eigenvalue weighted by Gasteiger charge is -2.21. The van der Waals surface area contributed by atoms with Crippen molar-refractivity contribution in [3.8, 4) is 0 Å². The molecule has 2 unspecified atom stereocenters. The molecule has 0 radical (unpaired) electrons. The van der Waals surface area contributed by atoms with E-state index in [0.29, 0.717) is 6.04 Å². The number of hydrogen-bond acceptors (Lipinski definition) is 2. The van der Waals surface area contributed by atoms with Gasteiger partial charge in [0.1, 0.15) is 0 Å². The first-order valence-electron chi connectivity index (χ1n) is 3.95. The first-order valence-corrected chi connectivity index (χ1v) is 3.95. The fourth-order valence-corrected chi connectivity index (χ4v) is 1.66. The molecule has 0 amide bonds. The van der Waals surface area contributed by atoms with Crippen LogP contribution in [-0.2, 0) is 4.74 Å². The lowest BCUT2D eigenvalue weighted by Crippen LogP contribution is -2.32. The normalized spacial score (nSPS) is 35.1. The summed E-state index contributed by atoms with van der Waals surface area (Å²) < 4.78 is 5.12. The lowest BCUT2D eigenvalue weighted by molar-refractivity contribution is 0.114. The average Bonchev–Trinajstić information content (AvgIpc) is 2.20. The van der Waals surface area contributed by atoms with Gasteiger partial charge in [0.05, 0.1) is 6.61 Å². The van der Waals surface area contributed by atoms with Crippen molar-refractivity contribution in [2.45, 2.75) is 19.4 Å². The number of rotatable bonds is 2. The summed E-state index contributed by atoms with van der Waals surface area (Å²) >= 11 is 0. The molecule has 2 nitrogen and oxygen atoms in total. The summed E-state index contributed by atoms with van der Waals surface area (Å²) in [7, 11) is 3.95. The Morgan fingerprint density at radius 2 is 2.30 bits per heavy atom. The summed E-state index contributed by atoms with van der Waals surface area (Å²) in [5.74, 6) is 0.810. The Kier molecular flexibility index (Phi) is 2.69. The smallest absolute Gasteiger partial charge is 0.0620 e. The second kappa shape index (κ2) is 3.35. The van der Waals surface area contributed by atoms with Crippen LogP contribution in [0.25, 0.3) is 0 Å². The first kappa shape index (κ1) is 8.02. The molecule has 2 heteroatoms. The Balaban J connectivity index is 2.38. The summed E-state index contributed by atoms with van der Waals surface area (Å²) in [6.07, 6.45) is 1.32. The Bertz CT molecular complexity index is 95.4. The van der Waals surface area contributed by atoms with Crippen molar-refractivity contribution >= 4 is 0 Å². The third-order valence-corrected chi connectivity index (χ3v) is 2.50. The van der Waals surface area contributed by atoms with Crippen LogP contribution in [0.1, 0.15) is 13.3 Å². The van der Waals surface area contributed by atoms with Gasteiger partial charge in [-0.05, 0) is 25.9 Å². The van der Waals surface area contributed by atoms with Gasteiger partial charge in [-0.15, -0.1) is 0 Å². The largest absolute Gasteiger partial charge is 0.383 e. The lowest BCUT2D eigenvalue weighted by atomic mass is 10.0. The molecular weight excluding hydrogens is 126 g/mol. The van der Waals surface area contributed by atoms with Gasteiger partial charge in [-0.25, -0.2) is 0 Å². The van der Waals surface area contributed by atoms with E-state index in [1.807, 2.05) is 0 Å². The van der Waals surface area contributed by atoms with Crippen LogP contribution in [0.4, 0.5) is 0 Å². The minimum absolute atomic E-state index is 0.657. The maximum Gasteiger partial charge on any atom is 0.0620 e. The Morgan fingerprint density at radius 3 is 2.70 bits per heavy atom. The standard InChI is InChI=1S/C8H17NO/c1-7-4-5-9(2)8(7)6-10-3/h7-8H,4-6H2,1-3H3. The number of nitrogens with zero attached hydrogens (tertiary/aromatic N) is 1. The van der Waals surface area contributed by atoms with Crippen LogP contribution in [0.2, 0.25) is 0 Å². The third-order valence-electron chi connectivity index (χ3n) is 2.50. The molecule has 1 rings (SSSR count). The molecule has 0 saturated carbocycles. The van der Waals surface area contributed by atoms with Gasteiger partial charge in [0.15, 0.2) is 0 Å². The average molecular weight is 143 g/mol. The minimum atomic E-state index is 0.657. The number of ether oxygens (including phenoxy) is 1. The number of hydrogen-bond donors (Lipinski definition) is 0. The van der Waals surface area contributed by atoms with Crippen molar-refractivity contribution in [3.05, 3.63) is 0 Å². The van der Waals surface area contributed by atoms with E-state index in [4.69, 9.17) is 4.74 Å². The molecule has 1 aliphatic rings. The van der Waals surface area contributed by atoms with Crippen molar-refractivity contribution in [3.63, 3.8) is 0 Å². The molecule has 1 heterocycles. The molecule has 0 aromatic carbocycles. The van der Waals surface area contributed by atoms with Crippen LogP contribution >= 0.6 is 0 Å². The second-order valence-electron chi connectivity index (χ2n) is 3.27. The molecule has 0 aliphatic carbocycles. The predicted molar refractivity (Wildman–Crippen MR) is 42.1 cm³/mol. The molecule has 60 valence electrons. The van der Waals surface area contributed by atoms with Gasteiger partial charge < -0.3 is 9.64 Å². The molecule has 2 atom stereocenters. The van der Waals surface area contributed by atoms with Crippen LogP contribution in [0, 0.1) is 5.92 Å². The van der Waals surface area contributed by atoms with Gasteiger partial charge in [0, 0.05) is 13.2 Å². The zero-order valence-corrected chi connectivity index (χ0v) is 7.13. The molecule has 1 saturated heterocycles. The van der Waals surface area contributed by atoms with Crippen molar-refractivity contribution < 1.29 is 4.74 Å². The van der Waals surface area contributed by atoms with Crippen LogP contribution in [0.3, 0.4) is 0 Å². The summed E-state index contributed by atoms with van der Waals surface area (Å²) in [6, 6.07) is 0.657. The zero-order valence-electron chi connectivity index (χ0n) is 7.13. The van der Waals surface area contributed by atoms with E-state index >= 15 is 0 Å². The van der Waals surface area contributed by atoms with Crippen molar-refractivity contribution in [2.24, 2.45) is 5.92 Å². The summed E-state index contributed by atoms with van der Waals surface area (Å²) in [4.78, 5) is 2.38. The molecule has 0 bridgehead atoms. The van der Waals surface area contributed by atoms with Crippen LogP contribution in [0.5, 0.6) is 0 Å². The van der Waals surface area contributed by atoms with E-state index in [1.165, 1.54) is 13.0 Å². The van der Waals surface area contributed by atoms with Crippen molar-refractivity contribution in [2.75, 3.05) is 27.3 Å². The summed E-state index contributed by atoms with van der Waals surface area (Å²) in [5, 5.41) is 0. The fraction of sp³-hybridized carbons (Fsp3) is 1.00. The van der Waals surface area contributed by atoms with Gasteiger partial charge in [0.25, 0.3) is 0 Å². The molecule has 1 aliphatic heterocycles. The third kappa shape index (κ3) is 1.50. The first-order chi connectivity index (χ1) is 4.75. The zero-order chi connectivity index (χ0) is 7.56. The minimum Gasteiger partial charge on any atom is -0.383 e. The topological polar surface area (TPSA) is 12.5 Å². The predicted octanol–water partition coefficient (Wildman–Crippen LogP) is 0.973. The molecule has 1 fully saturated rings. The fourth-order valence-electron chi connectivity index (χ4n) is 1.66. The van der Waals surface area contributed by atoms with E-state index in [1.54, 1.807) is 7.11 Å². The maximum absolute atomic E-state index is 5.12. The number of methoxy groups -OCH3 is 1. The monoisotopic (exact) mass is 143 g/mol. The maximum atomic E-state index is 5.12. The highest BCUT2D eigenvalue weighted by Crippen LogP contribution is 2.21.